The highest BCUT2D eigenvalue weighted by Crippen LogP contribution is 2.23. The lowest BCUT2D eigenvalue weighted by atomic mass is 9.95. The molecule has 0 aliphatic heterocycles. The van der Waals surface area contributed by atoms with Crippen LogP contribution >= 0.6 is 0 Å². The fourth-order valence-corrected chi connectivity index (χ4v) is 2.30. The molecule has 1 N–H and O–H groups in total. The molecule has 0 radical (unpaired) electrons. The summed E-state index contributed by atoms with van der Waals surface area (Å²) in [5.74, 6) is 0. The Kier molecular flexibility index (Phi) is 2.87. The number of rotatable bonds is 3. The Labute approximate surface area is 85.5 Å². The van der Waals surface area contributed by atoms with E-state index in [2.05, 4.69) is 22.1 Å². The van der Waals surface area contributed by atoms with Crippen molar-refractivity contribution in [3.63, 3.8) is 0 Å². The Morgan fingerprint density at radius 2 is 2.14 bits per heavy atom. The molecule has 0 unspecified atom stereocenters. The van der Waals surface area contributed by atoms with Crippen molar-refractivity contribution in [2.45, 2.75) is 32.1 Å². The molecular formula is C11H19N3. The van der Waals surface area contributed by atoms with Gasteiger partial charge in [0.25, 0.3) is 0 Å². The highest BCUT2D eigenvalue weighted by atomic mass is 15.3. The van der Waals surface area contributed by atoms with Gasteiger partial charge in [-0.05, 0) is 38.3 Å². The largest absolute Gasteiger partial charge is 0.319 e. The van der Waals surface area contributed by atoms with Crippen LogP contribution in [0.1, 0.15) is 29.8 Å². The van der Waals surface area contributed by atoms with E-state index in [4.69, 9.17) is 0 Å². The van der Waals surface area contributed by atoms with E-state index in [1.165, 1.54) is 42.6 Å². The van der Waals surface area contributed by atoms with E-state index in [9.17, 15) is 0 Å². The molecule has 14 heavy (non-hydrogen) atoms. The van der Waals surface area contributed by atoms with Crippen molar-refractivity contribution >= 4 is 0 Å². The van der Waals surface area contributed by atoms with Crippen molar-refractivity contribution in [1.82, 2.24) is 15.1 Å². The highest BCUT2D eigenvalue weighted by molar-refractivity contribution is 5.28. The van der Waals surface area contributed by atoms with E-state index in [-0.39, 0.29) is 0 Å². The second-order valence-corrected chi connectivity index (χ2v) is 4.06. The Bertz CT molecular complexity index is 315. The molecule has 1 aliphatic carbocycles. The maximum Gasteiger partial charge on any atom is 0.0672 e. The normalized spacial score (nSPS) is 15.6. The highest BCUT2D eigenvalue weighted by Gasteiger charge is 2.18. The fourth-order valence-electron chi connectivity index (χ4n) is 2.30. The summed E-state index contributed by atoms with van der Waals surface area (Å²) in [6.45, 7) is 1.03. The minimum Gasteiger partial charge on any atom is -0.319 e. The smallest absolute Gasteiger partial charge is 0.0672 e. The first-order chi connectivity index (χ1) is 6.83. The predicted octanol–water partition coefficient (Wildman–Crippen LogP) is 1.06. The van der Waals surface area contributed by atoms with Gasteiger partial charge in [-0.25, -0.2) is 0 Å². The van der Waals surface area contributed by atoms with Crippen LogP contribution < -0.4 is 5.32 Å². The summed E-state index contributed by atoms with van der Waals surface area (Å²) >= 11 is 0. The first kappa shape index (κ1) is 9.71. The van der Waals surface area contributed by atoms with Gasteiger partial charge in [-0.15, -0.1) is 0 Å². The van der Waals surface area contributed by atoms with Crippen LogP contribution in [0.4, 0.5) is 0 Å². The van der Waals surface area contributed by atoms with Crippen molar-refractivity contribution in [2.24, 2.45) is 7.05 Å². The lowest BCUT2D eigenvalue weighted by molar-refractivity contribution is 0.625. The first-order valence-electron chi connectivity index (χ1n) is 5.51. The zero-order valence-corrected chi connectivity index (χ0v) is 9.14. The Morgan fingerprint density at radius 3 is 2.93 bits per heavy atom. The van der Waals surface area contributed by atoms with Crippen LogP contribution in [0.3, 0.4) is 0 Å². The summed E-state index contributed by atoms with van der Waals surface area (Å²) in [7, 11) is 4.07. The van der Waals surface area contributed by atoms with E-state index in [0.717, 1.165) is 13.0 Å². The molecule has 1 aromatic heterocycles. The van der Waals surface area contributed by atoms with E-state index < -0.39 is 0 Å². The van der Waals surface area contributed by atoms with Gasteiger partial charge in [0.05, 0.1) is 5.69 Å². The molecule has 3 nitrogen and oxygen atoms in total. The number of nitrogens with zero attached hydrogens (tertiary/aromatic N) is 2. The molecule has 1 aliphatic rings. The number of likely N-dealkylation sites (N-methyl/N-ethyl adjacent to an activating group) is 1. The van der Waals surface area contributed by atoms with Gasteiger partial charge in [0.2, 0.25) is 0 Å². The zero-order valence-electron chi connectivity index (χ0n) is 9.14. The van der Waals surface area contributed by atoms with Gasteiger partial charge in [-0.3, -0.25) is 4.68 Å². The molecular weight excluding hydrogens is 174 g/mol. The molecule has 0 spiro atoms. The molecule has 3 heteroatoms. The lowest BCUT2D eigenvalue weighted by Crippen LogP contribution is -2.12. The summed E-state index contributed by atoms with van der Waals surface area (Å²) in [6, 6.07) is 0. The zero-order chi connectivity index (χ0) is 9.97. The van der Waals surface area contributed by atoms with Crippen molar-refractivity contribution in [3.8, 4) is 0 Å². The Balaban J connectivity index is 2.23. The third kappa shape index (κ3) is 1.69. The maximum atomic E-state index is 4.61. The summed E-state index contributed by atoms with van der Waals surface area (Å²) in [5.41, 5.74) is 4.33. The fraction of sp³-hybridized carbons (Fsp3) is 0.727. The van der Waals surface area contributed by atoms with Crippen LogP contribution in [-0.4, -0.2) is 23.4 Å². The molecule has 0 bridgehead atoms. The van der Waals surface area contributed by atoms with Crippen LogP contribution in [0, 0.1) is 0 Å². The van der Waals surface area contributed by atoms with Gasteiger partial charge >= 0.3 is 0 Å². The summed E-state index contributed by atoms with van der Waals surface area (Å²) in [6.07, 6.45) is 6.20. The summed E-state index contributed by atoms with van der Waals surface area (Å²) in [5, 5.41) is 7.79. The molecule has 0 saturated heterocycles. The van der Waals surface area contributed by atoms with Crippen molar-refractivity contribution < 1.29 is 0 Å². The molecule has 2 rings (SSSR count). The molecule has 0 aromatic carbocycles. The third-order valence-corrected chi connectivity index (χ3v) is 3.06. The quantitative estimate of drug-likeness (QED) is 0.778. The van der Waals surface area contributed by atoms with Crippen LogP contribution in [0.5, 0.6) is 0 Å². The van der Waals surface area contributed by atoms with Gasteiger partial charge in [-0.1, -0.05) is 0 Å². The van der Waals surface area contributed by atoms with E-state index in [0.29, 0.717) is 0 Å². The number of aromatic nitrogens is 2. The molecule has 1 aromatic rings. The average Bonchev–Trinajstić information content (AvgIpc) is 2.54. The van der Waals surface area contributed by atoms with Crippen molar-refractivity contribution in [2.75, 3.05) is 13.6 Å². The van der Waals surface area contributed by atoms with Gasteiger partial charge in [0, 0.05) is 25.7 Å². The van der Waals surface area contributed by atoms with E-state index in [1.54, 1.807) is 0 Å². The monoisotopic (exact) mass is 193 g/mol. The first-order valence-corrected chi connectivity index (χ1v) is 5.51. The van der Waals surface area contributed by atoms with Crippen LogP contribution in [-0.2, 0) is 26.3 Å². The standard InChI is InChI=1S/C11H19N3/c1-12-8-7-10-9-5-3-4-6-11(9)14(2)13-10/h12H,3-8H2,1-2H3. The maximum absolute atomic E-state index is 4.61. The summed E-state index contributed by atoms with van der Waals surface area (Å²) < 4.78 is 2.08. The molecule has 0 saturated carbocycles. The minimum absolute atomic E-state index is 1.03. The van der Waals surface area contributed by atoms with Crippen molar-refractivity contribution in [1.29, 1.82) is 0 Å². The number of hydrogen-bond donors (Lipinski definition) is 1. The molecule has 78 valence electrons. The molecule has 1 heterocycles. The van der Waals surface area contributed by atoms with Gasteiger partial charge in [-0.2, -0.15) is 5.10 Å². The molecule has 0 atom stereocenters. The number of fused-ring (bicyclic) bond motifs is 1. The minimum atomic E-state index is 1.03. The van der Waals surface area contributed by atoms with Gasteiger partial charge in [0.15, 0.2) is 0 Å². The van der Waals surface area contributed by atoms with Crippen LogP contribution in [0.15, 0.2) is 0 Å². The van der Waals surface area contributed by atoms with Gasteiger partial charge in [0.1, 0.15) is 0 Å². The third-order valence-electron chi connectivity index (χ3n) is 3.06. The van der Waals surface area contributed by atoms with Crippen LogP contribution in [0.25, 0.3) is 0 Å². The second-order valence-electron chi connectivity index (χ2n) is 4.06. The Morgan fingerprint density at radius 1 is 1.36 bits per heavy atom. The van der Waals surface area contributed by atoms with Crippen LogP contribution in [0.2, 0.25) is 0 Å². The average molecular weight is 193 g/mol. The second kappa shape index (κ2) is 4.13. The lowest BCUT2D eigenvalue weighted by Gasteiger charge is -2.12. The Hall–Kier alpha value is -0.830. The molecule has 0 amide bonds. The number of hydrogen-bond acceptors (Lipinski definition) is 2. The van der Waals surface area contributed by atoms with E-state index in [1.807, 2.05) is 7.05 Å². The molecule has 0 fully saturated rings. The SMILES string of the molecule is CNCCc1nn(C)c2c1CCCC2. The number of aryl methyl sites for hydroxylation is 1. The van der Waals surface area contributed by atoms with Gasteiger partial charge < -0.3 is 5.32 Å². The summed E-state index contributed by atoms with van der Waals surface area (Å²) in [4.78, 5) is 0. The number of nitrogens with one attached hydrogen (secondary N) is 1. The van der Waals surface area contributed by atoms with Crippen molar-refractivity contribution in [3.05, 3.63) is 17.0 Å². The van der Waals surface area contributed by atoms with E-state index >= 15 is 0 Å². The predicted molar refractivity (Wildman–Crippen MR) is 57.5 cm³/mol. The topological polar surface area (TPSA) is 29.9 Å².